The minimum Gasteiger partial charge on any atom is -0.378 e. The number of aromatic amines is 1. The minimum absolute atomic E-state index is 0.563. The molecule has 13 heavy (non-hydrogen) atoms. The summed E-state index contributed by atoms with van der Waals surface area (Å²) >= 11 is 0. The highest BCUT2D eigenvalue weighted by atomic mass is 16.5. The molecule has 1 fully saturated rings. The van der Waals surface area contributed by atoms with Gasteiger partial charge in [-0.05, 0) is 12.1 Å². The van der Waals surface area contributed by atoms with Crippen molar-refractivity contribution in [2.45, 2.75) is 0 Å². The summed E-state index contributed by atoms with van der Waals surface area (Å²) in [6, 6.07) is 3.82. The Bertz CT molecular complexity index is 275. The van der Waals surface area contributed by atoms with Crippen LogP contribution in [0.2, 0.25) is 0 Å². The largest absolute Gasteiger partial charge is 0.378 e. The second-order valence-electron chi connectivity index (χ2n) is 3.03. The average Bonchev–Trinajstić information content (AvgIpc) is 2.71. The molecule has 0 bridgehead atoms. The minimum atomic E-state index is 0.563. The fourth-order valence-corrected chi connectivity index (χ4v) is 1.43. The average molecular weight is 179 g/mol. The molecule has 1 aliphatic heterocycles. The molecule has 1 saturated heterocycles. The molecule has 1 aromatic heterocycles. The van der Waals surface area contributed by atoms with Crippen molar-refractivity contribution in [1.29, 1.82) is 5.41 Å². The van der Waals surface area contributed by atoms with E-state index in [2.05, 4.69) is 4.98 Å². The van der Waals surface area contributed by atoms with Crippen LogP contribution in [0, 0.1) is 5.41 Å². The van der Waals surface area contributed by atoms with Gasteiger partial charge in [-0.25, -0.2) is 0 Å². The number of ether oxygens (including phenoxy) is 1. The number of nitrogens with zero attached hydrogens (tertiary/aromatic N) is 1. The molecule has 0 aromatic carbocycles. The molecule has 4 heteroatoms. The topological polar surface area (TPSA) is 52.1 Å². The fourth-order valence-electron chi connectivity index (χ4n) is 1.43. The molecule has 0 saturated carbocycles. The fraction of sp³-hybridized carbons (Fsp3) is 0.444. The van der Waals surface area contributed by atoms with Crippen molar-refractivity contribution in [2.75, 3.05) is 26.3 Å². The second-order valence-corrected chi connectivity index (χ2v) is 3.03. The summed E-state index contributed by atoms with van der Waals surface area (Å²) < 4.78 is 5.22. The van der Waals surface area contributed by atoms with Crippen LogP contribution in [0.4, 0.5) is 0 Å². The van der Waals surface area contributed by atoms with Gasteiger partial charge < -0.3 is 14.6 Å². The molecular formula is C9H13N3O. The third-order valence-electron chi connectivity index (χ3n) is 2.18. The van der Waals surface area contributed by atoms with E-state index in [9.17, 15) is 0 Å². The van der Waals surface area contributed by atoms with E-state index >= 15 is 0 Å². The van der Waals surface area contributed by atoms with Crippen molar-refractivity contribution >= 4 is 5.84 Å². The maximum Gasteiger partial charge on any atom is 0.145 e. The zero-order chi connectivity index (χ0) is 9.10. The van der Waals surface area contributed by atoms with Crippen LogP contribution in [0.5, 0.6) is 0 Å². The van der Waals surface area contributed by atoms with Gasteiger partial charge in [-0.2, -0.15) is 0 Å². The molecule has 0 radical (unpaired) electrons. The van der Waals surface area contributed by atoms with Gasteiger partial charge in [-0.15, -0.1) is 0 Å². The van der Waals surface area contributed by atoms with Crippen molar-refractivity contribution in [3.63, 3.8) is 0 Å². The Labute approximate surface area is 77.0 Å². The molecule has 2 N–H and O–H groups in total. The Morgan fingerprint density at radius 3 is 2.85 bits per heavy atom. The van der Waals surface area contributed by atoms with Crippen LogP contribution in [0.25, 0.3) is 0 Å². The SMILES string of the molecule is N=C(c1ccc[nH]1)N1CCOCC1. The van der Waals surface area contributed by atoms with E-state index in [1.54, 1.807) is 0 Å². The Morgan fingerprint density at radius 1 is 1.46 bits per heavy atom. The van der Waals surface area contributed by atoms with Crippen molar-refractivity contribution in [3.05, 3.63) is 24.0 Å². The van der Waals surface area contributed by atoms with Crippen LogP contribution in [-0.2, 0) is 4.74 Å². The molecule has 0 aliphatic carbocycles. The van der Waals surface area contributed by atoms with Crippen LogP contribution < -0.4 is 0 Å². The van der Waals surface area contributed by atoms with Gasteiger partial charge in [0.1, 0.15) is 5.84 Å². The zero-order valence-corrected chi connectivity index (χ0v) is 7.42. The number of nitrogens with one attached hydrogen (secondary N) is 2. The van der Waals surface area contributed by atoms with E-state index < -0.39 is 0 Å². The van der Waals surface area contributed by atoms with Crippen LogP contribution in [0.3, 0.4) is 0 Å². The molecule has 0 unspecified atom stereocenters. The van der Waals surface area contributed by atoms with Gasteiger partial charge >= 0.3 is 0 Å². The smallest absolute Gasteiger partial charge is 0.145 e. The summed E-state index contributed by atoms with van der Waals surface area (Å²) in [5.41, 5.74) is 0.877. The Kier molecular flexibility index (Phi) is 2.31. The lowest BCUT2D eigenvalue weighted by Gasteiger charge is -2.28. The number of aromatic nitrogens is 1. The third-order valence-corrected chi connectivity index (χ3v) is 2.18. The first-order valence-corrected chi connectivity index (χ1v) is 4.43. The number of hydrogen-bond donors (Lipinski definition) is 2. The van der Waals surface area contributed by atoms with E-state index in [1.165, 1.54) is 0 Å². The monoisotopic (exact) mass is 179 g/mol. The molecule has 1 aromatic rings. The van der Waals surface area contributed by atoms with Gasteiger partial charge in [0.25, 0.3) is 0 Å². The van der Waals surface area contributed by atoms with Crippen LogP contribution in [0.1, 0.15) is 5.69 Å². The molecule has 2 rings (SSSR count). The number of hydrogen-bond acceptors (Lipinski definition) is 2. The molecule has 0 amide bonds. The molecule has 4 nitrogen and oxygen atoms in total. The quantitative estimate of drug-likeness (QED) is 0.492. The lowest BCUT2D eigenvalue weighted by atomic mass is 10.3. The lowest BCUT2D eigenvalue weighted by molar-refractivity contribution is 0.0679. The van der Waals surface area contributed by atoms with Gasteiger partial charge in [0.05, 0.1) is 18.9 Å². The Hall–Kier alpha value is -1.29. The summed E-state index contributed by atoms with van der Waals surface area (Å²) in [6.45, 7) is 3.09. The zero-order valence-electron chi connectivity index (χ0n) is 7.42. The Morgan fingerprint density at radius 2 is 2.23 bits per heavy atom. The summed E-state index contributed by atoms with van der Waals surface area (Å²) in [5.74, 6) is 0.563. The third kappa shape index (κ3) is 1.72. The molecule has 1 aliphatic rings. The standard InChI is InChI=1S/C9H13N3O/c10-9(8-2-1-3-11-8)12-4-6-13-7-5-12/h1-3,10-11H,4-7H2. The van der Waals surface area contributed by atoms with Gasteiger partial charge in [0.15, 0.2) is 0 Å². The van der Waals surface area contributed by atoms with E-state index in [-0.39, 0.29) is 0 Å². The first-order valence-electron chi connectivity index (χ1n) is 4.43. The normalized spacial score (nSPS) is 17.4. The molecule has 0 atom stereocenters. The second kappa shape index (κ2) is 3.62. The number of morpholine rings is 1. The summed E-state index contributed by atoms with van der Waals surface area (Å²) in [4.78, 5) is 5.05. The summed E-state index contributed by atoms with van der Waals surface area (Å²) in [5, 5.41) is 7.88. The van der Waals surface area contributed by atoms with E-state index in [0.717, 1.165) is 32.0 Å². The van der Waals surface area contributed by atoms with Crippen LogP contribution >= 0.6 is 0 Å². The predicted octanol–water partition coefficient (Wildman–Crippen LogP) is 0.672. The van der Waals surface area contributed by atoms with Gasteiger partial charge in [-0.3, -0.25) is 5.41 Å². The molecule has 2 heterocycles. The van der Waals surface area contributed by atoms with Gasteiger partial charge in [-0.1, -0.05) is 0 Å². The van der Waals surface area contributed by atoms with Crippen LogP contribution in [0.15, 0.2) is 18.3 Å². The first-order chi connectivity index (χ1) is 6.38. The Balaban J connectivity index is 2.04. The maximum absolute atomic E-state index is 7.88. The van der Waals surface area contributed by atoms with Crippen LogP contribution in [-0.4, -0.2) is 42.0 Å². The molecule has 70 valence electrons. The lowest BCUT2D eigenvalue weighted by Crippen LogP contribution is -2.40. The van der Waals surface area contributed by atoms with Crippen molar-refractivity contribution in [2.24, 2.45) is 0 Å². The number of amidine groups is 1. The van der Waals surface area contributed by atoms with Crippen molar-refractivity contribution in [3.8, 4) is 0 Å². The highest BCUT2D eigenvalue weighted by Crippen LogP contribution is 2.04. The highest BCUT2D eigenvalue weighted by Gasteiger charge is 2.15. The van der Waals surface area contributed by atoms with Crippen molar-refractivity contribution < 1.29 is 4.74 Å². The van der Waals surface area contributed by atoms with E-state index in [1.807, 2.05) is 23.2 Å². The van der Waals surface area contributed by atoms with Gasteiger partial charge in [0, 0.05) is 19.3 Å². The first kappa shape index (κ1) is 8.31. The maximum atomic E-state index is 7.88. The highest BCUT2D eigenvalue weighted by molar-refractivity contribution is 5.94. The molecular weight excluding hydrogens is 166 g/mol. The van der Waals surface area contributed by atoms with E-state index in [0.29, 0.717) is 5.84 Å². The number of H-pyrrole nitrogens is 1. The summed E-state index contributed by atoms with van der Waals surface area (Å²) in [7, 11) is 0. The summed E-state index contributed by atoms with van der Waals surface area (Å²) in [6.07, 6.45) is 1.84. The van der Waals surface area contributed by atoms with Crippen molar-refractivity contribution in [1.82, 2.24) is 9.88 Å². The number of rotatable bonds is 1. The molecule has 0 spiro atoms. The predicted molar refractivity (Wildman–Crippen MR) is 50.0 cm³/mol. The van der Waals surface area contributed by atoms with E-state index in [4.69, 9.17) is 10.1 Å². The van der Waals surface area contributed by atoms with Gasteiger partial charge in [0.2, 0.25) is 0 Å².